The highest BCUT2D eigenvalue weighted by molar-refractivity contribution is 7.89. The van der Waals surface area contributed by atoms with Crippen LogP contribution in [-0.4, -0.2) is 31.7 Å². The number of fused-ring (bicyclic) bond motifs is 1. The number of carbonyl (C=O) groups excluding carboxylic acids is 1. The molecule has 2 saturated carbocycles. The average molecular weight is 391 g/mol. The largest absolute Gasteiger partial charge is 0.326 e. The molecule has 1 N–H and O–H groups in total. The van der Waals surface area contributed by atoms with Crippen molar-refractivity contribution in [1.82, 2.24) is 4.31 Å². The second-order valence-electron chi connectivity index (χ2n) is 8.43. The smallest absolute Gasteiger partial charge is 0.243 e. The van der Waals surface area contributed by atoms with E-state index in [1.54, 1.807) is 16.4 Å². The molecule has 27 heavy (non-hydrogen) atoms. The Morgan fingerprint density at radius 3 is 2.26 bits per heavy atom. The topological polar surface area (TPSA) is 66.5 Å². The summed E-state index contributed by atoms with van der Waals surface area (Å²) in [6.07, 6.45) is 8.78. The van der Waals surface area contributed by atoms with E-state index in [9.17, 15) is 13.2 Å². The average Bonchev–Trinajstić information content (AvgIpc) is 3.42. The van der Waals surface area contributed by atoms with Crippen molar-refractivity contribution in [3.63, 3.8) is 0 Å². The minimum atomic E-state index is -3.52. The molecule has 1 aliphatic heterocycles. The SMILES string of the molecule is Cc1ccc(NC(=O)C2C3CCCCC32)cc1S(=O)(=O)N1CCCCCC1. The fourth-order valence-corrected chi connectivity index (χ4v) is 6.75. The quantitative estimate of drug-likeness (QED) is 0.847. The van der Waals surface area contributed by atoms with Gasteiger partial charge in [-0.1, -0.05) is 31.7 Å². The lowest BCUT2D eigenvalue weighted by Crippen LogP contribution is -2.32. The summed E-state index contributed by atoms with van der Waals surface area (Å²) >= 11 is 0. The van der Waals surface area contributed by atoms with Crippen LogP contribution >= 0.6 is 0 Å². The van der Waals surface area contributed by atoms with Crippen LogP contribution in [0.15, 0.2) is 23.1 Å². The Morgan fingerprint density at radius 2 is 1.63 bits per heavy atom. The van der Waals surface area contributed by atoms with Gasteiger partial charge in [-0.2, -0.15) is 4.31 Å². The second kappa shape index (κ2) is 7.55. The van der Waals surface area contributed by atoms with E-state index in [0.717, 1.165) is 44.1 Å². The molecule has 0 bridgehead atoms. The van der Waals surface area contributed by atoms with Gasteiger partial charge in [0.2, 0.25) is 15.9 Å². The summed E-state index contributed by atoms with van der Waals surface area (Å²) in [6, 6.07) is 5.28. The van der Waals surface area contributed by atoms with Crippen molar-refractivity contribution in [3.8, 4) is 0 Å². The number of benzene rings is 1. The molecule has 4 rings (SSSR count). The van der Waals surface area contributed by atoms with E-state index in [-0.39, 0.29) is 11.8 Å². The molecule has 148 valence electrons. The molecule has 5 nitrogen and oxygen atoms in total. The first-order chi connectivity index (χ1) is 13.0. The molecular formula is C21H30N2O3S. The van der Waals surface area contributed by atoms with Crippen molar-refractivity contribution in [1.29, 1.82) is 0 Å². The van der Waals surface area contributed by atoms with Crippen LogP contribution < -0.4 is 5.32 Å². The van der Waals surface area contributed by atoms with Crippen LogP contribution in [0, 0.1) is 24.7 Å². The highest BCUT2D eigenvalue weighted by atomic mass is 32.2. The van der Waals surface area contributed by atoms with Crippen molar-refractivity contribution in [2.45, 2.75) is 63.2 Å². The maximum Gasteiger partial charge on any atom is 0.243 e. The first-order valence-electron chi connectivity index (χ1n) is 10.4. The number of anilines is 1. The van der Waals surface area contributed by atoms with Gasteiger partial charge in [0, 0.05) is 24.7 Å². The predicted molar refractivity (Wildman–Crippen MR) is 106 cm³/mol. The maximum absolute atomic E-state index is 13.2. The summed E-state index contributed by atoms with van der Waals surface area (Å²) in [6.45, 7) is 3.00. The van der Waals surface area contributed by atoms with Crippen molar-refractivity contribution in [2.75, 3.05) is 18.4 Å². The van der Waals surface area contributed by atoms with Gasteiger partial charge in [0.15, 0.2) is 0 Å². The Labute approximate surface area is 162 Å². The zero-order chi connectivity index (χ0) is 19.0. The normalized spacial score (nSPS) is 28.9. The molecule has 0 aromatic heterocycles. The van der Waals surface area contributed by atoms with Crippen LogP contribution in [0.4, 0.5) is 5.69 Å². The number of rotatable bonds is 4. The van der Waals surface area contributed by atoms with Crippen LogP contribution in [0.25, 0.3) is 0 Å². The Kier molecular flexibility index (Phi) is 5.30. The van der Waals surface area contributed by atoms with Crippen LogP contribution in [-0.2, 0) is 14.8 Å². The number of aryl methyl sites for hydroxylation is 1. The number of hydrogen-bond donors (Lipinski definition) is 1. The van der Waals surface area contributed by atoms with Gasteiger partial charge in [0.1, 0.15) is 0 Å². The number of sulfonamides is 1. The molecule has 3 fully saturated rings. The van der Waals surface area contributed by atoms with Crippen molar-refractivity contribution in [3.05, 3.63) is 23.8 Å². The van der Waals surface area contributed by atoms with Gasteiger partial charge in [-0.3, -0.25) is 4.79 Å². The van der Waals surface area contributed by atoms with E-state index in [2.05, 4.69) is 5.32 Å². The highest BCUT2D eigenvalue weighted by Gasteiger charge is 2.54. The minimum Gasteiger partial charge on any atom is -0.326 e. The molecule has 0 spiro atoms. The molecule has 0 radical (unpaired) electrons. The predicted octanol–water partition coefficient (Wildman–Crippen LogP) is 3.93. The lowest BCUT2D eigenvalue weighted by Gasteiger charge is -2.21. The number of amides is 1. The number of carbonyl (C=O) groups is 1. The van der Waals surface area contributed by atoms with Crippen molar-refractivity contribution in [2.24, 2.45) is 17.8 Å². The van der Waals surface area contributed by atoms with Gasteiger partial charge in [-0.25, -0.2) is 8.42 Å². The summed E-state index contributed by atoms with van der Waals surface area (Å²) in [5.74, 6) is 1.28. The third kappa shape index (κ3) is 3.79. The first kappa shape index (κ1) is 18.9. The molecule has 2 aliphatic carbocycles. The highest BCUT2D eigenvalue weighted by Crippen LogP contribution is 2.55. The zero-order valence-corrected chi connectivity index (χ0v) is 16.9. The van der Waals surface area contributed by atoms with E-state index in [0.29, 0.717) is 35.5 Å². The van der Waals surface area contributed by atoms with Crippen LogP contribution in [0.1, 0.15) is 56.9 Å². The molecule has 1 amide bonds. The zero-order valence-electron chi connectivity index (χ0n) is 16.1. The Hall–Kier alpha value is -1.40. The summed E-state index contributed by atoms with van der Waals surface area (Å²) in [5, 5.41) is 2.99. The molecule has 6 heteroatoms. The fraction of sp³-hybridized carbons (Fsp3) is 0.667. The van der Waals surface area contributed by atoms with Gasteiger partial charge in [-0.05, 0) is 62.1 Å². The molecule has 2 atom stereocenters. The van der Waals surface area contributed by atoms with E-state index < -0.39 is 10.0 Å². The molecule has 1 aromatic rings. The number of nitrogens with one attached hydrogen (secondary N) is 1. The lowest BCUT2D eigenvalue weighted by atomic mass is 10.0. The number of nitrogens with zero attached hydrogens (tertiary/aromatic N) is 1. The Balaban J connectivity index is 1.52. The summed E-state index contributed by atoms with van der Waals surface area (Å²) < 4.78 is 27.9. The lowest BCUT2D eigenvalue weighted by molar-refractivity contribution is -0.117. The Bertz CT molecular complexity index is 801. The van der Waals surface area contributed by atoms with Gasteiger partial charge >= 0.3 is 0 Å². The summed E-state index contributed by atoms with van der Waals surface area (Å²) in [5.41, 5.74) is 1.33. The van der Waals surface area contributed by atoms with E-state index in [1.165, 1.54) is 12.8 Å². The monoisotopic (exact) mass is 390 g/mol. The minimum absolute atomic E-state index is 0.0638. The molecule has 3 aliphatic rings. The van der Waals surface area contributed by atoms with Crippen LogP contribution in [0.2, 0.25) is 0 Å². The van der Waals surface area contributed by atoms with Gasteiger partial charge < -0.3 is 5.32 Å². The van der Waals surface area contributed by atoms with Gasteiger partial charge in [0.25, 0.3) is 0 Å². The molecule has 1 saturated heterocycles. The third-order valence-corrected chi connectivity index (χ3v) is 8.64. The van der Waals surface area contributed by atoms with E-state index in [4.69, 9.17) is 0 Å². The summed E-state index contributed by atoms with van der Waals surface area (Å²) in [4.78, 5) is 13.0. The van der Waals surface area contributed by atoms with Gasteiger partial charge in [0.05, 0.1) is 4.90 Å². The maximum atomic E-state index is 13.2. The fourth-order valence-electron chi connectivity index (χ4n) is 4.98. The first-order valence-corrected chi connectivity index (χ1v) is 11.8. The molecule has 1 aromatic carbocycles. The second-order valence-corrected chi connectivity index (χ2v) is 10.3. The van der Waals surface area contributed by atoms with Gasteiger partial charge in [-0.15, -0.1) is 0 Å². The Morgan fingerprint density at radius 1 is 1.00 bits per heavy atom. The third-order valence-electron chi connectivity index (χ3n) is 6.60. The van der Waals surface area contributed by atoms with Crippen LogP contribution in [0.5, 0.6) is 0 Å². The van der Waals surface area contributed by atoms with E-state index in [1.807, 2.05) is 13.0 Å². The van der Waals surface area contributed by atoms with Crippen LogP contribution in [0.3, 0.4) is 0 Å². The van der Waals surface area contributed by atoms with E-state index >= 15 is 0 Å². The summed E-state index contributed by atoms with van der Waals surface area (Å²) in [7, 11) is -3.52. The standard InChI is InChI=1S/C21H30N2O3S/c1-15-10-11-16(22-21(24)20-17-8-4-5-9-18(17)20)14-19(15)27(25,26)23-12-6-2-3-7-13-23/h10-11,14,17-18,20H,2-9,12-13H2,1H3,(H,22,24). The molecule has 1 heterocycles. The van der Waals surface area contributed by atoms with Crippen molar-refractivity contribution < 1.29 is 13.2 Å². The van der Waals surface area contributed by atoms with Crippen molar-refractivity contribution >= 4 is 21.6 Å². The molecule has 2 unspecified atom stereocenters. The molecular weight excluding hydrogens is 360 g/mol. The number of hydrogen-bond acceptors (Lipinski definition) is 3.